The van der Waals surface area contributed by atoms with Gasteiger partial charge in [0.05, 0.1) is 21.8 Å². The van der Waals surface area contributed by atoms with Gasteiger partial charge in [-0.1, -0.05) is 12.1 Å². The SMILES string of the molecule is CCN(c1ccc(C(=O)Nc2ccccc2C(=O)N2CCCC2)cc1)S(=O)(=O)c1ccc(SC)cc1. The molecular weight excluding hydrogens is 494 g/mol. The van der Waals surface area contributed by atoms with E-state index >= 15 is 0 Å². The number of thioether (sulfide) groups is 1. The lowest BCUT2D eigenvalue weighted by atomic mass is 10.1. The van der Waals surface area contributed by atoms with Gasteiger partial charge in [-0.3, -0.25) is 13.9 Å². The molecule has 2 amide bonds. The molecule has 188 valence electrons. The third-order valence-corrected chi connectivity index (χ3v) is 8.81. The maximum absolute atomic E-state index is 13.2. The van der Waals surface area contributed by atoms with Crippen LogP contribution in [0, 0.1) is 0 Å². The average molecular weight is 524 g/mol. The number of benzene rings is 3. The van der Waals surface area contributed by atoms with Crippen molar-refractivity contribution >= 4 is 45.0 Å². The Morgan fingerprint density at radius 3 is 2.19 bits per heavy atom. The van der Waals surface area contributed by atoms with E-state index < -0.39 is 10.0 Å². The Bertz CT molecular complexity index is 1330. The van der Waals surface area contributed by atoms with Crippen molar-refractivity contribution in [1.29, 1.82) is 0 Å². The van der Waals surface area contributed by atoms with Gasteiger partial charge < -0.3 is 10.2 Å². The Balaban J connectivity index is 1.52. The standard InChI is InChI=1S/C27H29N3O4S2/c1-3-30(36(33,34)23-16-14-22(35-2)15-17-23)21-12-10-20(11-13-21)26(31)28-25-9-5-4-8-24(25)27(32)29-18-6-7-19-29/h4-5,8-17H,3,6-7,18-19H2,1-2H3,(H,28,31). The summed E-state index contributed by atoms with van der Waals surface area (Å²) in [6.07, 6.45) is 3.91. The number of para-hydroxylation sites is 1. The minimum absolute atomic E-state index is 0.0897. The number of anilines is 2. The molecule has 3 aromatic rings. The van der Waals surface area contributed by atoms with Gasteiger partial charge in [0.25, 0.3) is 21.8 Å². The first-order valence-corrected chi connectivity index (χ1v) is 14.5. The lowest BCUT2D eigenvalue weighted by Gasteiger charge is -2.23. The summed E-state index contributed by atoms with van der Waals surface area (Å²) in [6.45, 7) is 3.45. The average Bonchev–Trinajstić information content (AvgIpc) is 3.44. The number of likely N-dealkylation sites (tertiary alicyclic amines) is 1. The second kappa shape index (κ2) is 11.2. The molecule has 0 atom stereocenters. The fourth-order valence-electron chi connectivity index (χ4n) is 4.21. The Kier molecular flexibility index (Phi) is 8.01. The fraction of sp³-hybridized carbons (Fsp3) is 0.259. The summed E-state index contributed by atoms with van der Waals surface area (Å²) in [7, 11) is -3.75. The van der Waals surface area contributed by atoms with E-state index in [2.05, 4.69) is 5.32 Å². The van der Waals surface area contributed by atoms with Crippen molar-refractivity contribution < 1.29 is 18.0 Å². The van der Waals surface area contributed by atoms with Crippen LogP contribution in [0.5, 0.6) is 0 Å². The first kappa shape index (κ1) is 25.8. The van der Waals surface area contributed by atoms with Crippen molar-refractivity contribution in [2.24, 2.45) is 0 Å². The summed E-state index contributed by atoms with van der Waals surface area (Å²) < 4.78 is 27.8. The van der Waals surface area contributed by atoms with Crippen LogP contribution in [0.2, 0.25) is 0 Å². The van der Waals surface area contributed by atoms with Crippen LogP contribution in [0.15, 0.2) is 82.6 Å². The quantitative estimate of drug-likeness (QED) is 0.415. The van der Waals surface area contributed by atoms with Crippen LogP contribution < -0.4 is 9.62 Å². The summed E-state index contributed by atoms with van der Waals surface area (Å²) in [5.41, 5.74) is 1.74. The van der Waals surface area contributed by atoms with Crippen molar-refractivity contribution in [1.82, 2.24) is 4.90 Å². The number of sulfonamides is 1. The van der Waals surface area contributed by atoms with Gasteiger partial charge in [0.1, 0.15) is 0 Å². The van der Waals surface area contributed by atoms with E-state index in [1.54, 1.807) is 96.4 Å². The van der Waals surface area contributed by atoms with E-state index in [9.17, 15) is 18.0 Å². The van der Waals surface area contributed by atoms with Crippen molar-refractivity contribution in [2.75, 3.05) is 35.5 Å². The highest BCUT2D eigenvalue weighted by Gasteiger charge is 2.25. The number of hydrogen-bond donors (Lipinski definition) is 1. The first-order chi connectivity index (χ1) is 17.3. The summed E-state index contributed by atoms with van der Waals surface area (Å²) in [4.78, 5) is 28.9. The molecule has 0 unspecified atom stereocenters. The maximum Gasteiger partial charge on any atom is 0.264 e. The zero-order valence-corrected chi connectivity index (χ0v) is 21.9. The summed E-state index contributed by atoms with van der Waals surface area (Å²) in [6, 6.07) is 20.2. The Morgan fingerprint density at radius 1 is 0.944 bits per heavy atom. The number of amides is 2. The summed E-state index contributed by atoms with van der Waals surface area (Å²) in [5.74, 6) is -0.463. The number of rotatable bonds is 8. The second-order valence-corrected chi connectivity index (χ2v) is 11.1. The van der Waals surface area contributed by atoms with Crippen molar-refractivity contribution in [2.45, 2.75) is 29.6 Å². The van der Waals surface area contributed by atoms with E-state index in [-0.39, 0.29) is 23.3 Å². The number of carbonyl (C=O) groups is 2. The van der Waals surface area contributed by atoms with Gasteiger partial charge in [0.2, 0.25) is 0 Å². The van der Waals surface area contributed by atoms with Gasteiger partial charge in [0, 0.05) is 30.1 Å². The van der Waals surface area contributed by atoms with Crippen LogP contribution in [0.3, 0.4) is 0 Å². The monoisotopic (exact) mass is 523 g/mol. The molecule has 0 aliphatic carbocycles. The molecule has 0 spiro atoms. The largest absolute Gasteiger partial charge is 0.339 e. The minimum atomic E-state index is -3.75. The fourth-order valence-corrected chi connectivity index (χ4v) is 6.09. The van der Waals surface area contributed by atoms with Crippen LogP contribution in [0.1, 0.15) is 40.5 Å². The molecule has 1 heterocycles. The van der Waals surface area contributed by atoms with Gasteiger partial charge in [-0.15, -0.1) is 11.8 Å². The molecule has 1 saturated heterocycles. The Morgan fingerprint density at radius 2 is 1.58 bits per heavy atom. The smallest absolute Gasteiger partial charge is 0.264 e. The van der Waals surface area contributed by atoms with Crippen LogP contribution in [-0.2, 0) is 10.0 Å². The van der Waals surface area contributed by atoms with Crippen LogP contribution in [0.25, 0.3) is 0 Å². The van der Waals surface area contributed by atoms with E-state index in [0.717, 1.165) is 30.8 Å². The highest BCUT2D eigenvalue weighted by molar-refractivity contribution is 7.98. The predicted molar refractivity (Wildman–Crippen MR) is 144 cm³/mol. The number of hydrogen-bond acceptors (Lipinski definition) is 5. The molecule has 9 heteroatoms. The molecule has 1 fully saturated rings. The second-order valence-electron chi connectivity index (χ2n) is 8.39. The van der Waals surface area contributed by atoms with E-state index in [0.29, 0.717) is 22.5 Å². The van der Waals surface area contributed by atoms with E-state index in [1.165, 1.54) is 4.31 Å². The van der Waals surface area contributed by atoms with Crippen LogP contribution >= 0.6 is 11.8 Å². The third-order valence-electron chi connectivity index (χ3n) is 6.15. The Hall–Kier alpha value is -3.30. The normalized spacial score (nSPS) is 13.4. The van der Waals surface area contributed by atoms with Gasteiger partial charge in [-0.05, 0) is 86.7 Å². The lowest BCUT2D eigenvalue weighted by Crippen LogP contribution is -2.30. The highest BCUT2D eigenvalue weighted by atomic mass is 32.2. The van der Waals surface area contributed by atoms with Crippen molar-refractivity contribution in [3.63, 3.8) is 0 Å². The summed E-state index contributed by atoms with van der Waals surface area (Å²) in [5, 5.41) is 2.84. The molecule has 3 aromatic carbocycles. The van der Waals surface area contributed by atoms with Crippen molar-refractivity contribution in [3.05, 3.63) is 83.9 Å². The number of nitrogens with zero attached hydrogens (tertiary/aromatic N) is 2. The lowest BCUT2D eigenvalue weighted by molar-refractivity contribution is 0.0794. The van der Waals surface area contributed by atoms with Crippen molar-refractivity contribution in [3.8, 4) is 0 Å². The zero-order valence-electron chi connectivity index (χ0n) is 20.3. The van der Waals surface area contributed by atoms with E-state index in [4.69, 9.17) is 0 Å². The molecule has 0 radical (unpaired) electrons. The maximum atomic E-state index is 13.2. The number of nitrogens with one attached hydrogen (secondary N) is 1. The third kappa shape index (κ3) is 5.42. The van der Waals surface area contributed by atoms with Gasteiger partial charge in [0.15, 0.2) is 0 Å². The molecule has 36 heavy (non-hydrogen) atoms. The molecule has 0 saturated carbocycles. The van der Waals surface area contributed by atoms with Crippen LogP contribution in [0.4, 0.5) is 11.4 Å². The zero-order chi connectivity index (χ0) is 25.7. The molecular formula is C27H29N3O4S2. The molecule has 1 aliphatic heterocycles. The Labute approximate surface area is 216 Å². The van der Waals surface area contributed by atoms with E-state index in [1.807, 2.05) is 6.26 Å². The number of carbonyl (C=O) groups excluding carboxylic acids is 2. The van der Waals surface area contributed by atoms with Gasteiger partial charge in [-0.2, -0.15) is 0 Å². The molecule has 4 rings (SSSR count). The highest BCUT2D eigenvalue weighted by Crippen LogP contribution is 2.26. The molecule has 7 nitrogen and oxygen atoms in total. The predicted octanol–water partition coefficient (Wildman–Crippen LogP) is 5.11. The molecule has 0 aromatic heterocycles. The topological polar surface area (TPSA) is 86.8 Å². The van der Waals surface area contributed by atoms with Gasteiger partial charge >= 0.3 is 0 Å². The first-order valence-electron chi connectivity index (χ1n) is 11.8. The molecule has 1 aliphatic rings. The molecule has 0 bridgehead atoms. The van der Waals surface area contributed by atoms with Gasteiger partial charge in [-0.25, -0.2) is 8.42 Å². The van der Waals surface area contributed by atoms with Crippen LogP contribution in [-0.4, -0.2) is 51.0 Å². The molecule has 1 N–H and O–H groups in total. The minimum Gasteiger partial charge on any atom is -0.339 e. The summed E-state index contributed by atoms with van der Waals surface area (Å²) >= 11 is 1.54.